The first-order chi connectivity index (χ1) is 11.9. The van der Waals surface area contributed by atoms with E-state index < -0.39 is 0 Å². The van der Waals surface area contributed by atoms with Gasteiger partial charge in [-0.1, -0.05) is 16.9 Å². The van der Waals surface area contributed by atoms with E-state index in [1.807, 2.05) is 12.1 Å². The number of nitrogens with zero attached hydrogens (tertiary/aromatic N) is 7. The monoisotopic (exact) mass is 339 g/mol. The molecule has 0 unspecified atom stereocenters. The van der Waals surface area contributed by atoms with Gasteiger partial charge in [0.15, 0.2) is 0 Å². The van der Waals surface area contributed by atoms with E-state index >= 15 is 0 Å². The fraction of sp³-hybridized carbons (Fsp3) is 0.0714. The average Bonchev–Trinajstić information content (AvgIpc) is 3.31. The van der Waals surface area contributed by atoms with Gasteiger partial charge in [0.1, 0.15) is 5.69 Å². The maximum atomic E-state index is 5.52. The van der Waals surface area contributed by atoms with E-state index in [2.05, 4.69) is 35.3 Å². The number of rotatable bonds is 5. The van der Waals surface area contributed by atoms with E-state index in [0.29, 0.717) is 34.3 Å². The van der Waals surface area contributed by atoms with Crippen LogP contribution in [0.1, 0.15) is 5.89 Å². The van der Waals surface area contributed by atoms with Gasteiger partial charge in [-0.3, -0.25) is 9.97 Å². The molecule has 4 aromatic rings. The molecule has 0 N–H and O–H groups in total. The van der Waals surface area contributed by atoms with Gasteiger partial charge in [-0.2, -0.15) is 4.98 Å². The Hall–Kier alpha value is -3.14. The highest BCUT2D eigenvalue weighted by Crippen LogP contribution is 2.24. The van der Waals surface area contributed by atoms with Crippen molar-refractivity contribution in [3.8, 4) is 23.0 Å². The van der Waals surface area contributed by atoms with Crippen molar-refractivity contribution in [3.05, 3.63) is 49.0 Å². The lowest BCUT2D eigenvalue weighted by molar-refractivity contribution is 0.391. The second-order valence-corrected chi connectivity index (χ2v) is 5.43. The second kappa shape index (κ2) is 6.54. The topological polar surface area (TPSA) is 117 Å². The van der Waals surface area contributed by atoms with Crippen molar-refractivity contribution >= 4 is 11.8 Å². The number of thioether (sulfide) groups is 1. The molecule has 0 fully saturated rings. The van der Waals surface area contributed by atoms with Crippen molar-refractivity contribution in [2.75, 3.05) is 0 Å². The van der Waals surface area contributed by atoms with Crippen LogP contribution in [0.2, 0.25) is 0 Å². The molecule has 0 saturated carbocycles. The van der Waals surface area contributed by atoms with Crippen LogP contribution in [0.3, 0.4) is 0 Å². The lowest BCUT2D eigenvalue weighted by Crippen LogP contribution is -1.83. The fourth-order valence-corrected chi connectivity index (χ4v) is 2.44. The van der Waals surface area contributed by atoms with E-state index in [0.717, 1.165) is 5.56 Å². The van der Waals surface area contributed by atoms with Crippen LogP contribution >= 0.6 is 11.8 Å². The SMILES string of the molecule is c1cc(-c2noc(CSc3nnc(-c4cnccn4)o3)n2)ccn1. The first-order valence-electron chi connectivity index (χ1n) is 6.84. The van der Waals surface area contributed by atoms with Crippen molar-refractivity contribution in [1.29, 1.82) is 0 Å². The number of aromatic nitrogens is 7. The van der Waals surface area contributed by atoms with E-state index in [1.54, 1.807) is 31.0 Å². The molecule has 0 spiro atoms. The number of pyridine rings is 1. The summed E-state index contributed by atoms with van der Waals surface area (Å²) in [7, 11) is 0. The lowest BCUT2D eigenvalue weighted by atomic mass is 10.3. The van der Waals surface area contributed by atoms with E-state index in [1.165, 1.54) is 11.8 Å². The molecule has 9 nitrogen and oxygen atoms in total. The molecule has 0 saturated heterocycles. The molecule has 24 heavy (non-hydrogen) atoms. The Morgan fingerprint density at radius 2 is 1.92 bits per heavy atom. The third-order valence-electron chi connectivity index (χ3n) is 2.91. The minimum Gasteiger partial charge on any atom is -0.410 e. The molecular weight excluding hydrogens is 330 g/mol. The maximum absolute atomic E-state index is 5.52. The summed E-state index contributed by atoms with van der Waals surface area (Å²) in [5.74, 6) is 1.71. The Labute approximate surface area is 139 Å². The van der Waals surface area contributed by atoms with Gasteiger partial charge < -0.3 is 8.94 Å². The van der Waals surface area contributed by atoms with Crippen LogP contribution in [0, 0.1) is 0 Å². The highest BCUT2D eigenvalue weighted by molar-refractivity contribution is 7.98. The minimum atomic E-state index is 0.314. The molecule has 0 atom stereocenters. The number of hydrogen-bond acceptors (Lipinski definition) is 10. The van der Waals surface area contributed by atoms with Gasteiger partial charge in [0.05, 0.1) is 11.9 Å². The minimum absolute atomic E-state index is 0.314. The molecule has 10 heteroatoms. The smallest absolute Gasteiger partial charge is 0.277 e. The summed E-state index contributed by atoms with van der Waals surface area (Å²) >= 11 is 1.30. The summed E-state index contributed by atoms with van der Waals surface area (Å²) in [5.41, 5.74) is 1.36. The molecular formula is C14H9N7O2S. The Balaban J connectivity index is 1.43. The van der Waals surface area contributed by atoms with Gasteiger partial charge in [-0.25, -0.2) is 4.98 Å². The molecule has 0 radical (unpaired) electrons. The van der Waals surface area contributed by atoms with Crippen molar-refractivity contribution in [1.82, 2.24) is 35.3 Å². The van der Waals surface area contributed by atoms with Crippen LogP contribution in [0.15, 0.2) is 57.3 Å². The average molecular weight is 339 g/mol. The van der Waals surface area contributed by atoms with Crippen molar-refractivity contribution in [2.45, 2.75) is 11.0 Å². The molecule has 0 aromatic carbocycles. The third-order valence-corrected chi connectivity index (χ3v) is 3.72. The largest absolute Gasteiger partial charge is 0.410 e. The Kier molecular flexibility index (Phi) is 3.94. The van der Waals surface area contributed by atoms with Gasteiger partial charge in [0.25, 0.3) is 11.1 Å². The standard InChI is InChI=1S/C14H9N7O2S/c1-3-15-4-2-9(1)12-18-11(23-21-12)8-24-14-20-19-13(22-14)10-7-16-5-6-17-10/h1-7H,8H2. The van der Waals surface area contributed by atoms with E-state index in [4.69, 9.17) is 8.94 Å². The molecule has 0 aliphatic carbocycles. The predicted octanol–water partition coefficient (Wildman–Crippen LogP) is 2.26. The third kappa shape index (κ3) is 3.13. The van der Waals surface area contributed by atoms with Crippen LogP contribution in [-0.2, 0) is 5.75 Å². The first-order valence-corrected chi connectivity index (χ1v) is 7.83. The summed E-state index contributed by atoms with van der Waals surface area (Å²) in [6.07, 6.45) is 8.04. The lowest BCUT2D eigenvalue weighted by Gasteiger charge is -1.91. The second-order valence-electron chi connectivity index (χ2n) is 4.50. The normalized spacial score (nSPS) is 10.8. The van der Waals surface area contributed by atoms with Gasteiger partial charge in [-0.05, 0) is 12.1 Å². The molecule has 4 rings (SSSR count). The van der Waals surface area contributed by atoms with Crippen LogP contribution in [-0.4, -0.2) is 35.3 Å². The number of hydrogen-bond donors (Lipinski definition) is 0. The van der Waals surface area contributed by atoms with Gasteiger partial charge in [0.2, 0.25) is 11.7 Å². The summed E-state index contributed by atoms with van der Waals surface area (Å²) in [6, 6.07) is 3.62. The summed E-state index contributed by atoms with van der Waals surface area (Å²) in [6.45, 7) is 0. The highest BCUT2D eigenvalue weighted by Gasteiger charge is 2.13. The zero-order chi connectivity index (χ0) is 16.2. The van der Waals surface area contributed by atoms with Gasteiger partial charge in [-0.15, -0.1) is 10.2 Å². The quantitative estimate of drug-likeness (QED) is 0.501. The van der Waals surface area contributed by atoms with Gasteiger partial charge in [0, 0.05) is 30.4 Å². The Morgan fingerprint density at radius 3 is 2.75 bits per heavy atom. The highest BCUT2D eigenvalue weighted by atomic mass is 32.2. The van der Waals surface area contributed by atoms with E-state index in [-0.39, 0.29) is 0 Å². The Bertz CT molecular complexity index is 849. The summed E-state index contributed by atoms with van der Waals surface area (Å²) < 4.78 is 10.7. The van der Waals surface area contributed by atoms with Crippen molar-refractivity contribution < 1.29 is 8.94 Å². The van der Waals surface area contributed by atoms with Crippen LogP contribution in [0.4, 0.5) is 0 Å². The zero-order valence-electron chi connectivity index (χ0n) is 12.1. The molecule has 0 bridgehead atoms. The summed E-state index contributed by atoms with van der Waals surface area (Å²) in [5, 5.41) is 12.2. The molecule has 0 aliphatic heterocycles. The molecule has 0 aliphatic rings. The van der Waals surface area contributed by atoms with Crippen LogP contribution < -0.4 is 0 Å². The molecule has 0 amide bonds. The Morgan fingerprint density at radius 1 is 1.00 bits per heavy atom. The van der Waals surface area contributed by atoms with Crippen molar-refractivity contribution in [3.63, 3.8) is 0 Å². The molecule has 118 valence electrons. The van der Waals surface area contributed by atoms with Gasteiger partial charge >= 0.3 is 0 Å². The van der Waals surface area contributed by atoms with E-state index in [9.17, 15) is 0 Å². The van der Waals surface area contributed by atoms with Crippen LogP contribution in [0.5, 0.6) is 0 Å². The fourth-order valence-electron chi connectivity index (χ4n) is 1.84. The molecule has 4 aromatic heterocycles. The van der Waals surface area contributed by atoms with Crippen molar-refractivity contribution in [2.24, 2.45) is 0 Å². The predicted molar refractivity (Wildman–Crippen MR) is 82.4 cm³/mol. The maximum Gasteiger partial charge on any atom is 0.277 e. The van der Waals surface area contributed by atoms with Crippen LogP contribution in [0.25, 0.3) is 23.0 Å². The zero-order valence-corrected chi connectivity index (χ0v) is 12.9. The summed E-state index contributed by atoms with van der Waals surface area (Å²) in [4.78, 5) is 16.3. The molecule has 4 heterocycles. The first kappa shape index (κ1) is 14.5.